The number of esters is 1. The molecule has 0 unspecified atom stereocenters. The van der Waals surface area contributed by atoms with Crippen LogP contribution in [0.5, 0.6) is 0 Å². The van der Waals surface area contributed by atoms with E-state index in [-0.39, 0.29) is 11.9 Å². The molecule has 0 aliphatic heterocycles. The standard InChI is InChI=1S/C15H18O3/c1-17-15(16)13-9-5-6-10-14(13)18-11-12-7-3-2-4-8-12/h2-4,7-8,10,13H,5-6,9,11H2,1H3/t13-/m0/s1. The summed E-state index contributed by atoms with van der Waals surface area (Å²) in [6.45, 7) is 0.500. The van der Waals surface area contributed by atoms with Gasteiger partial charge in [-0.2, -0.15) is 0 Å². The maximum absolute atomic E-state index is 11.6. The van der Waals surface area contributed by atoms with E-state index in [0.29, 0.717) is 6.61 Å². The Morgan fingerprint density at radius 1 is 1.33 bits per heavy atom. The van der Waals surface area contributed by atoms with Crippen molar-refractivity contribution in [3.05, 3.63) is 47.7 Å². The Hall–Kier alpha value is -1.77. The van der Waals surface area contributed by atoms with Gasteiger partial charge in [-0.1, -0.05) is 30.3 Å². The van der Waals surface area contributed by atoms with E-state index in [9.17, 15) is 4.79 Å². The smallest absolute Gasteiger partial charge is 0.316 e. The molecule has 0 fully saturated rings. The van der Waals surface area contributed by atoms with Gasteiger partial charge in [-0.3, -0.25) is 4.79 Å². The summed E-state index contributed by atoms with van der Waals surface area (Å²) in [5.74, 6) is 0.332. The molecule has 0 spiro atoms. The van der Waals surface area contributed by atoms with Crippen molar-refractivity contribution in [3.8, 4) is 0 Å². The molecule has 96 valence electrons. The first-order valence-electron chi connectivity index (χ1n) is 6.26. The molecule has 0 N–H and O–H groups in total. The van der Waals surface area contributed by atoms with Gasteiger partial charge in [0.15, 0.2) is 0 Å². The fraction of sp³-hybridized carbons (Fsp3) is 0.400. The Kier molecular flexibility index (Phi) is 4.40. The summed E-state index contributed by atoms with van der Waals surface area (Å²) in [5, 5.41) is 0. The van der Waals surface area contributed by atoms with Gasteiger partial charge in [-0.15, -0.1) is 0 Å². The summed E-state index contributed by atoms with van der Waals surface area (Å²) in [5.41, 5.74) is 1.10. The molecule has 1 aliphatic carbocycles. The molecule has 0 amide bonds. The molecule has 1 aromatic rings. The molecule has 1 atom stereocenters. The molecule has 18 heavy (non-hydrogen) atoms. The molecule has 3 heteroatoms. The normalized spacial score (nSPS) is 18.9. The van der Waals surface area contributed by atoms with Crippen LogP contribution in [-0.2, 0) is 20.9 Å². The lowest BCUT2D eigenvalue weighted by molar-refractivity contribution is -0.146. The Morgan fingerprint density at radius 3 is 2.83 bits per heavy atom. The van der Waals surface area contributed by atoms with E-state index in [1.54, 1.807) is 0 Å². The quantitative estimate of drug-likeness (QED) is 0.766. The van der Waals surface area contributed by atoms with Crippen molar-refractivity contribution in [1.29, 1.82) is 0 Å². The summed E-state index contributed by atoms with van der Waals surface area (Å²) in [6.07, 6.45) is 4.80. The van der Waals surface area contributed by atoms with Crippen LogP contribution in [0, 0.1) is 5.92 Å². The second kappa shape index (κ2) is 6.24. The fourth-order valence-electron chi connectivity index (χ4n) is 2.13. The second-order valence-corrected chi connectivity index (χ2v) is 4.39. The Morgan fingerprint density at radius 2 is 2.11 bits per heavy atom. The number of carbonyl (C=O) groups excluding carboxylic acids is 1. The molecule has 0 saturated heterocycles. The number of hydrogen-bond donors (Lipinski definition) is 0. The maximum Gasteiger partial charge on any atom is 0.316 e. The first-order valence-corrected chi connectivity index (χ1v) is 6.26. The SMILES string of the molecule is COC(=O)[C@H]1CCCC=C1OCc1ccccc1. The Bertz CT molecular complexity index is 423. The predicted molar refractivity (Wildman–Crippen MR) is 68.7 cm³/mol. The average Bonchev–Trinajstić information content (AvgIpc) is 2.45. The van der Waals surface area contributed by atoms with E-state index in [1.165, 1.54) is 7.11 Å². The van der Waals surface area contributed by atoms with Gasteiger partial charge in [-0.05, 0) is 30.9 Å². The second-order valence-electron chi connectivity index (χ2n) is 4.39. The van der Waals surface area contributed by atoms with Gasteiger partial charge in [0.05, 0.1) is 7.11 Å². The first kappa shape index (κ1) is 12.7. The third kappa shape index (κ3) is 3.13. The van der Waals surface area contributed by atoms with E-state index in [2.05, 4.69) is 0 Å². The minimum atomic E-state index is -0.229. The van der Waals surface area contributed by atoms with Crippen LogP contribution in [0.25, 0.3) is 0 Å². The van der Waals surface area contributed by atoms with Gasteiger partial charge >= 0.3 is 5.97 Å². The summed E-state index contributed by atoms with van der Waals surface area (Å²) in [6, 6.07) is 9.95. The van der Waals surface area contributed by atoms with Crippen LogP contribution in [0.15, 0.2) is 42.2 Å². The zero-order chi connectivity index (χ0) is 12.8. The summed E-state index contributed by atoms with van der Waals surface area (Å²) in [7, 11) is 1.42. The zero-order valence-corrected chi connectivity index (χ0v) is 10.6. The van der Waals surface area contributed by atoms with E-state index in [0.717, 1.165) is 30.6 Å². The van der Waals surface area contributed by atoms with Crippen molar-refractivity contribution < 1.29 is 14.3 Å². The van der Waals surface area contributed by atoms with Crippen molar-refractivity contribution in [1.82, 2.24) is 0 Å². The van der Waals surface area contributed by atoms with Crippen LogP contribution < -0.4 is 0 Å². The molecule has 2 rings (SSSR count). The molecule has 0 heterocycles. The van der Waals surface area contributed by atoms with Gasteiger partial charge in [0, 0.05) is 0 Å². The highest BCUT2D eigenvalue weighted by Gasteiger charge is 2.27. The Balaban J connectivity index is 1.98. The highest BCUT2D eigenvalue weighted by atomic mass is 16.5. The van der Waals surface area contributed by atoms with Gasteiger partial charge in [-0.25, -0.2) is 0 Å². The lowest BCUT2D eigenvalue weighted by atomic mass is 9.94. The summed E-state index contributed by atoms with van der Waals surface area (Å²) >= 11 is 0. The van der Waals surface area contributed by atoms with E-state index in [1.807, 2.05) is 36.4 Å². The Labute approximate surface area is 107 Å². The third-order valence-electron chi connectivity index (χ3n) is 3.12. The van der Waals surface area contributed by atoms with Crippen LogP contribution in [0.4, 0.5) is 0 Å². The van der Waals surface area contributed by atoms with E-state index >= 15 is 0 Å². The highest BCUT2D eigenvalue weighted by molar-refractivity contribution is 5.75. The molecule has 1 aromatic carbocycles. The summed E-state index contributed by atoms with van der Waals surface area (Å²) < 4.78 is 10.6. The summed E-state index contributed by atoms with van der Waals surface area (Å²) in [4.78, 5) is 11.6. The highest BCUT2D eigenvalue weighted by Crippen LogP contribution is 2.27. The lowest BCUT2D eigenvalue weighted by Gasteiger charge is -2.22. The van der Waals surface area contributed by atoms with Crippen LogP contribution in [0.1, 0.15) is 24.8 Å². The van der Waals surface area contributed by atoms with Crippen LogP contribution >= 0.6 is 0 Å². The third-order valence-corrected chi connectivity index (χ3v) is 3.12. The van der Waals surface area contributed by atoms with Crippen molar-refractivity contribution in [2.45, 2.75) is 25.9 Å². The van der Waals surface area contributed by atoms with Crippen LogP contribution in [0.3, 0.4) is 0 Å². The minimum Gasteiger partial charge on any atom is -0.493 e. The maximum atomic E-state index is 11.6. The number of ether oxygens (including phenoxy) is 2. The van der Waals surface area contributed by atoms with Crippen molar-refractivity contribution in [3.63, 3.8) is 0 Å². The first-order chi connectivity index (χ1) is 8.81. The molecule has 0 saturated carbocycles. The number of methoxy groups -OCH3 is 1. The topological polar surface area (TPSA) is 35.5 Å². The van der Waals surface area contributed by atoms with E-state index < -0.39 is 0 Å². The minimum absolute atomic E-state index is 0.200. The molecule has 0 bridgehead atoms. The number of rotatable bonds is 4. The average molecular weight is 246 g/mol. The molecular formula is C15H18O3. The number of carbonyl (C=O) groups is 1. The number of hydrogen-bond acceptors (Lipinski definition) is 3. The van der Waals surface area contributed by atoms with Crippen LogP contribution in [0.2, 0.25) is 0 Å². The van der Waals surface area contributed by atoms with Gasteiger partial charge in [0.2, 0.25) is 0 Å². The molecule has 3 nitrogen and oxygen atoms in total. The lowest BCUT2D eigenvalue weighted by Crippen LogP contribution is -2.22. The van der Waals surface area contributed by atoms with Gasteiger partial charge in [0.25, 0.3) is 0 Å². The predicted octanol–water partition coefficient (Wildman–Crippen LogP) is 3.06. The molecule has 1 aliphatic rings. The molecule has 0 radical (unpaired) electrons. The van der Waals surface area contributed by atoms with Crippen molar-refractivity contribution >= 4 is 5.97 Å². The monoisotopic (exact) mass is 246 g/mol. The molecule has 0 aromatic heterocycles. The van der Waals surface area contributed by atoms with Gasteiger partial charge < -0.3 is 9.47 Å². The van der Waals surface area contributed by atoms with Crippen LogP contribution in [-0.4, -0.2) is 13.1 Å². The van der Waals surface area contributed by atoms with Gasteiger partial charge in [0.1, 0.15) is 18.3 Å². The zero-order valence-electron chi connectivity index (χ0n) is 10.6. The number of benzene rings is 1. The largest absolute Gasteiger partial charge is 0.493 e. The molecular weight excluding hydrogens is 228 g/mol. The van der Waals surface area contributed by atoms with Crippen molar-refractivity contribution in [2.75, 3.05) is 7.11 Å². The van der Waals surface area contributed by atoms with E-state index in [4.69, 9.17) is 9.47 Å². The fourth-order valence-corrected chi connectivity index (χ4v) is 2.13. The van der Waals surface area contributed by atoms with Crippen molar-refractivity contribution in [2.24, 2.45) is 5.92 Å². The number of allylic oxidation sites excluding steroid dienone is 1.